The fourth-order valence-corrected chi connectivity index (χ4v) is 2.69. The summed E-state index contributed by atoms with van der Waals surface area (Å²) in [6.45, 7) is 5.15. The summed E-state index contributed by atoms with van der Waals surface area (Å²) in [5.41, 5.74) is 0. The van der Waals surface area contributed by atoms with E-state index < -0.39 is 5.79 Å². The summed E-state index contributed by atoms with van der Waals surface area (Å²) in [6.07, 6.45) is 1.06. The van der Waals surface area contributed by atoms with E-state index in [2.05, 4.69) is 21.2 Å². The molecule has 2 aliphatic rings. The van der Waals surface area contributed by atoms with E-state index in [1.807, 2.05) is 13.8 Å². The second kappa shape index (κ2) is 5.05. The number of rotatable bonds is 3. The molecule has 2 fully saturated rings. The molecule has 0 N–H and O–H groups in total. The van der Waals surface area contributed by atoms with Crippen LogP contribution in [0, 0.1) is 0 Å². The minimum absolute atomic E-state index is 0.00668. The van der Waals surface area contributed by atoms with E-state index in [-0.39, 0.29) is 18.3 Å². The van der Waals surface area contributed by atoms with Crippen LogP contribution in [0.2, 0.25) is 0 Å². The van der Waals surface area contributed by atoms with E-state index in [4.69, 9.17) is 18.4 Å². The summed E-state index contributed by atoms with van der Waals surface area (Å²) in [5, 5.41) is 0. The van der Waals surface area contributed by atoms with Gasteiger partial charge in [-0.05, 0) is 20.3 Å². The Hall–Kier alpha value is 0.920. The van der Waals surface area contributed by atoms with Crippen LogP contribution in [-0.2, 0) is 18.4 Å². The molecule has 2 heterocycles. The van der Waals surface area contributed by atoms with Crippen molar-refractivity contribution >= 4 is 30.4 Å². The molecule has 88 valence electrons. The maximum Gasteiger partial charge on any atom is 0.163 e. The first kappa shape index (κ1) is 12.4. The second-order valence-corrected chi connectivity index (χ2v) is 5.62. The largest absolute Gasteiger partial charge is 0.373 e. The van der Waals surface area contributed by atoms with Gasteiger partial charge in [-0.1, -0.05) is 0 Å². The van der Waals surface area contributed by atoms with Crippen molar-refractivity contribution < 1.29 is 18.4 Å². The Balaban J connectivity index is 1.96. The minimum atomic E-state index is -0.487. The average Bonchev–Trinajstić information content (AvgIpc) is 2.49. The van der Waals surface area contributed by atoms with Gasteiger partial charge in [0.1, 0.15) is 12.2 Å². The van der Waals surface area contributed by atoms with E-state index in [1.165, 1.54) is 9.21 Å². The van der Waals surface area contributed by atoms with Crippen LogP contribution in [-0.4, -0.2) is 37.3 Å². The molecule has 2 aliphatic heterocycles. The summed E-state index contributed by atoms with van der Waals surface area (Å²) in [5.74, 6) is -0.487. The highest BCUT2D eigenvalue weighted by Crippen LogP contribution is 2.35. The monoisotopic (exact) mass is 346 g/mol. The van der Waals surface area contributed by atoms with Gasteiger partial charge in [0.05, 0.1) is 21.9 Å². The summed E-state index contributed by atoms with van der Waals surface area (Å²) in [4.78, 5) is 0. The summed E-state index contributed by atoms with van der Waals surface area (Å²) >= 11 is 2.10. The molecule has 6 heteroatoms. The molecule has 0 radical (unpaired) electrons. The first-order chi connectivity index (χ1) is 7.12. The lowest BCUT2D eigenvalue weighted by atomic mass is 10.0. The molecular formula is C9H15IO4S. The van der Waals surface area contributed by atoms with E-state index >= 15 is 0 Å². The Morgan fingerprint density at radius 1 is 1.47 bits per heavy atom. The molecule has 4 nitrogen and oxygen atoms in total. The van der Waals surface area contributed by atoms with E-state index in [0.29, 0.717) is 6.61 Å². The zero-order valence-electron chi connectivity index (χ0n) is 8.77. The molecule has 15 heavy (non-hydrogen) atoms. The van der Waals surface area contributed by atoms with Crippen molar-refractivity contribution in [1.29, 1.82) is 0 Å². The van der Waals surface area contributed by atoms with Crippen molar-refractivity contribution in [3.05, 3.63) is 0 Å². The van der Waals surface area contributed by atoms with Gasteiger partial charge in [0.25, 0.3) is 0 Å². The third-order valence-electron chi connectivity index (χ3n) is 2.60. The molecule has 2 saturated heterocycles. The predicted molar refractivity (Wildman–Crippen MR) is 65.7 cm³/mol. The summed E-state index contributed by atoms with van der Waals surface area (Å²) < 4.78 is 22.6. The maximum atomic E-state index is 5.82. The molecule has 0 amide bonds. The standard InChI is InChI=1S/C9H15IO4S/c1-9(2)13-6-3-4-11-7(5-12-15-10)8(6)14-9/h6-8H,3-5H2,1-2H3. The number of ether oxygens (including phenoxy) is 3. The van der Waals surface area contributed by atoms with Crippen molar-refractivity contribution in [1.82, 2.24) is 0 Å². The van der Waals surface area contributed by atoms with Gasteiger partial charge >= 0.3 is 0 Å². The summed E-state index contributed by atoms with van der Waals surface area (Å²) in [6, 6.07) is 0. The second-order valence-electron chi connectivity index (χ2n) is 4.18. The van der Waals surface area contributed by atoms with Crippen LogP contribution in [0.1, 0.15) is 20.3 Å². The quantitative estimate of drug-likeness (QED) is 0.579. The van der Waals surface area contributed by atoms with Crippen LogP contribution < -0.4 is 0 Å². The van der Waals surface area contributed by atoms with Crippen molar-refractivity contribution in [3.8, 4) is 0 Å². The van der Waals surface area contributed by atoms with Crippen LogP contribution in [0.5, 0.6) is 0 Å². The van der Waals surface area contributed by atoms with Gasteiger partial charge in [0, 0.05) is 27.8 Å². The first-order valence-corrected chi connectivity index (χ1v) is 8.28. The minimum Gasteiger partial charge on any atom is -0.373 e. The van der Waals surface area contributed by atoms with E-state index in [0.717, 1.165) is 13.0 Å². The van der Waals surface area contributed by atoms with Crippen LogP contribution in [0.15, 0.2) is 0 Å². The molecule has 0 aliphatic carbocycles. The van der Waals surface area contributed by atoms with Crippen molar-refractivity contribution in [2.24, 2.45) is 0 Å². The molecular weight excluding hydrogens is 331 g/mol. The van der Waals surface area contributed by atoms with E-state index in [9.17, 15) is 0 Å². The Kier molecular flexibility index (Phi) is 4.17. The zero-order chi connectivity index (χ0) is 10.9. The SMILES string of the molecule is CC1(C)OC2CCOC(COSI)C2O1. The molecule has 0 aromatic rings. The van der Waals surface area contributed by atoms with Crippen molar-refractivity contribution in [2.45, 2.75) is 44.4 Å². The predicted octanol–water partition coefficient (Wildman–Crippen LogP) is 2.31. The Labute approximate surface area is 106 Å². The lowest BCUT2D eigenvalue weighted by Gasteiger charge is -2.30. The van der Waals surface area contributed by atoms with Crippen molar-refractivity contribution in [2.75, 3.05) is 13.2 Å². The fraction of sp³-hybridized carbons (Fsp3) is 1.00. The van der Waals surface area contributed by atoms with Crippen molar-refractivity contribution in [3.63, 3.8) is 0 Å². The molecule has 0 aromatic carbocycles. The van der Waals surface area contributed by atoms with E-state index in [1.54, 1.807) is 0 Å². The Bertz CT molecular complexity index is 226. The zero-order valence-corrected chi connectivity index (χ0v) is 11.7. The molecule has 0 bridgehead atoms. The molecule has 2 rings (SSSR count). The van der Waals surface area contributed by atoms with Gasteiger partial charge in [-0.15, -0.1) is 0 Å². The molecule has 0 aromatic heterocycles. The normalized spacial score (nSPS) is 39.0. The molecule has 0 saturated carbocycles. The highest BCUT2D eigenvalue weighted by Gasteiger charge is 2.47. The van der Waals surface area contributed by atoms with Crippen LogP contribution >= 0.6 is 30.4 Å². The molecule has 3 atom stereocenters. The van der Waals surface area contributed by atoms with Gasteiger partial charge in [-0.25, -0.2) is 0 Å². The van der Waals surface area contributed by atoms with Gasteiger partial charge in [-0.3, -0.25) is 0 Å². The van der Waals surface area contributed by atoms with Crippen LogP contribution in [0.25, 0.3) is 0 Å². The molecule has 0 spiro atoms. The molecule has 3 unspecified atom stereocenters. The van der Waals surface area contributed by atoms with Gasteiger partial charge < -0.3 is 18.4 Å². The average molecular weight is 346 g/mol. The van der Waals surface area contributed by atoms with Crippen LogP contribution in [0.4, 0.5) is 0 Å². The Morgan fingerprint density at radius 3 is 3.00 bits per heavy atom. The summed E-state index contributed by atoms with van der Waals surface area (Å²) in [7, 11) is 1.32. The highest BCUT2D eigenvalue weighted by molar-refractivity contribution is 14.2. The smallest absolute Gasteiger partial charge is 0.163 e. The van der Waals surface area contributed by atoms with Crippen LogP contribution in [0.3, 0.4) is 0 Å². The fourth-order valence-electron chi connectivity index (χ4n) is 2.07. The third-order valence-corrected chi connectivity index (χ3v) is 3.59. The third kappa shape index (κ3) is 2.98. The Morgan fingerprint density at radius 2 is 2.27 bits per heavy atom. The highest BCUT2D eigenvalue weighted by atomic mass is 127. The lowest BCUT2D eigenvalue weighted by molar-refractivity contribution is -0.156. The number of hydrogen-bond donors (Lipinski definition) is 0. The lowest BCUT2D eigenvalue weighted by Crippen LogP contribution is -2.44. The number of hydrogen-bond acceptors (Lipinski definition) is 5. The van der Waals surface area contributed by atoms with Gasteiger partial charge in [0.15, 0.2) is 5.79 Å². The maximum absolute atomic E-state index is 5.82. The number of fused-ring (bicyclic) bond motifs is 1. The number of halogens is 1. The van der Waals surface area contributed by atoms with Gasteiger partial charge in [-0.2, -0.15) is 0 Å². The topological polar surface area (TPSA) is 36.9 Å². The van der Waals surface area contributed by atoms with Gasteiger partial charge in [0.2, 0.25) is 0 Å². The first-order valence-electron chi connectivity index (χ1n) is 5.00.